The van der Waals surface area contributed by atoms with E-state index >= 15 is 0 Å². The molecule has 3 rings (SSSR count). The van der Waals surface area contributed by atoms with Crippen molar-refractivity contribution in [1.82, 2.24) is 10.2 Å². The summed E-state index contributed by atoms with van der Waals surface area (Å²) in [5.74, 6) is -0.954. The Morgan fingerprint density at radius 1 is 0.921 bits per heavy atom. The lowest BCUT2D eigenvalue weighted by Gasteiger charge is -2.33. The third-order valence-corrected chi connectivity index (χ3v) is 8.96. The molecule has 1 atom stereocenters. The van der Waals surface area contributed by atoms with E-state index in [0.29, 0.717) is 27.7 Å². The minimum Gasteiger partial charge on any atom is -0.357 e. The molecule has 10 heteroatoms. The summed E-state index contributed by atoms with van der Waals surface area (Å²) in [5.41, 5.74) is 2.44. The first-order valence-electron chi connectivity index (χ1n) is 12.1. The van der Waals surface area contributed by atoms with Crippen LogP contribution in [-0.4, -0.2) is 44.8 Å². The van der Waals surface area contributed by atoms with Gasteiger partial charge in [-0.25, -0.2) is 8.42 Å². The van der Waals surface area contributed by atoms with Crippen LogP contribution in [0.2, 0.25) is 10.0 Å². The quantitative estimate of drug-likeness (QED) is 0.352. The van der Waals surface area contributed by atoms with Gasteiger partial charge in [0.05, 0.1) is 10.6 Å². The van der Waals surface area contributed by atoms with Gasteiger partial charge in [0, 0.05) is 29.2 Å². The van der Waals surface area contributed by atoms with Crippen molar-refractivity contribution >= 4 is 50.7 Å². The Morgan fingerprint density at radius 2 is 1.53 bits per heavy atom. The predicted molar refractivity (Wildman–Crippen MR) is 152 cm³/mol. The normalized spacial score (nSPS) is 12.1. The van der Waals surface area contributed by atoms with Crippen LogP contribution < -0.4 is 9.62 Å². The molecule has 3 aromatic rings. The van der Waals surface area contributed by atoms with Gasteiger partial charge in [-0.3, -0.25) is 13.9 Å². The number of halogens is 2. The maximum absolute atomic E-state index is 14.0. The van der Waals surface area contributed by atoms with E-state index in [-0.39, 0.29) is 17.3 Å². The topological polar surface area (TPSA) is 86.8 Å². The fourth-order valence-corrected chi connectivity index (χ4v) is 6.19. The Balaban J connectivity index is 2.13. The van der Waals surface area contributed by atoms with Crippen LogP contribution in [0.15, 0.2) is 71.6 Å². The second kappa shape index (κ2) is 12.7. The molecule has 202 valence electrons. The lowest BCUT2D eigenvalue weighted by atomic mass is 10.1. The molecule has 0 spiro atoms. The van der Waals surface area contributed by atoms with E-state index in [1.54, 1.807) is 55.5 Å². The number of hydrogen-bond acceptors (Lipinski definition) is 4. The molecule has 0 aromatic heterocycles. The average molecular weight is 577 g/mol. The minimum atomic E-state index is -4.14. The van der Waals surface area contributed by atoms with Gasteiger partial charge in [0.25, 0.3) is 10.0 Å². The van der Waals surface area contributed by atoms with Gasteiger partial charge in [-0.15, -0.1) is 0 Å². The third-order valence-electron chi connectivity index (χ3n) is 6.48. The second-order valence-corrected chi connectivity index (χ2v) is 11.5. The Morgan fingerprint density at radius 3 is 2.11 bits per heavy atom. The number of nitrogens with one attached hydrogen (secondary N) is 1. The summed E-state index contributed by atoms with van der Waals surface area (Å²) in [6, 6.07) is 17.3. The van der Waals surface area contributed by atoms with Crippen LogP contribution in [0.5, 0.6) is 0 Å². The van der Waals surface area contributed by atoms with Crippen LogP contribution in [0, 0.1) is 13.8 Å². The number of benzene rings is 3. The van der Waals surface area contributed by atoms with Crippen molar-refractivity contribution in [3.8, 4) is 0 Å². The van der Waals surface area contributed by atoms with E-state index in [4.69, 9.17) is 23.2 Å². The summed E-state index contributed by atoms with van der Waals surface area (Å²) < 4.78 is 28.9. The van der Waals surface area contributed by atoms with Gasteiger partial charge >= 0.3 is 0 Å². The van der Waals surface area contributed by atoms with E-state index in [0.717, 1.165) is 15.4 Å². The highest BCUT2D eigenvalue weighted by atomic mass is 35.5. The van der Waals surface area contributed by atoms with Gasteiger partial charge in [0.15, 0.2) is 0 Å². The van der Waals surface area contributed by atoms with Gasteiger partial charge in [-0.2, -0.15) is 0 Å². The number of hydrogen-bond donors (Lipinski definition) is 1. The third kappa shape index (κ3) is 6.31. The number of anilines is 1. The molecule has 0 heterocycles. The fourth-order valence-electron chi connectivity index (χ4n) is 4.18. The molecule has 3 aromatic carbocycles. The largest absolute Gasteiger partial charge is 0.357 e. The SMILES string of the molecule is CC[C@@H](C(=O)NC)N(Cc1c(Cl)cccc1Cl)C(=O)CN(c1cccc(C)c1C)S(=O)(=O)c1ccccc1. The molecule has 1 N–H and O–H groups in total. The molecule has 0 radical (unpaired) electrons. The molecule has 0 saturated carbocycles. The Labute approximate surface area is 234 Å². The monoisotopic (exact) mass is 575 g/mol. The van der Waals surface area contributed by atoms with E-state index in [9.17, 15) is 18.0 Å². The maximum atomic E-state index is 14.0. The van der Waals surface area contributed by atoms with E-state index in [1.165, 1.54) is 24.1 Å². The molecular formula is C28H31Cl2N3O4S. The zero-order valence-corrected chi connectivity index (χ0v) is 24.1. The minimum absolute atomic E-state index is 0.0488. The van der Waals surface area contributed by atoms with Gasteiger partial charge in [-0.05, 0) is 61.7 Å². The number of sulfonamides is 1. The van der Waals surface area contributed by atoms with Crippen LogP contribution >= 0.6 is 23.2 Å². The standard InChI is InChI=1S/C28H31Cl2N3O4S/c1-5-25(28(35)31-4)32(17-22-23(29)14-10-15-24(22)30)27(34)18-33(26-16-9-11-19(2)20(26)3)38(36,37)21-12-7-6-8-13-21/h6-16,25H,5,17-18H2,1-4H3,(H,31,35)/t25-/m0/s1. The number of nitrogens with zero attached hydrogens (tertiary/aromatic N) is 2. The first-order chi connectivity index (χ1) is 18.0. The number of rotatable bonds is 10. The van der Waals surface area contributed by atoms with Crippen molar-refractivity contribution in [3.63, 3.8) is 0 Å². The molecule has 0 aliphatic heterocycles. The van der Waals surface area contributed by atoms with Crippen molar-refractivity contribution in [3.05, 3.63) is 93.5 Å². The number of aryl methyl sites for hydroxylation is 1. The molecule has 0 aliphatic carbocycles. The van der Waals surface area contributed by atoms with Crippen molar-refractivity contribution < 1.29 is 18.0 Å². The molecule has 0 aliphatic rings. The highest BCUT2D eigenvalue weighted by Gasteiger charge is 2.34. The molecule has 7 nitrogen and oxygen atoms in total. The van der Waals surface area contributed by atoms with Crippen molar-refractivity contribution in [2.24, 2.45) is 0 Å². The van der Waals surface area contributed by atoms with Crippen LogP contribution in [0.4, 0.5) is 5.69 Å². The van der Waals surface area contributed by atoms with Crippen LogP contribution in [0.3, 0.4) is 0 Å². The molecule has 0 fully saturated rings. The molecular weight excluding hydrogens is 545 g/mol. The van der Waals surface area contributed by atoms with E-state index in [1.807, 2.05) is 19.9 Å². The molecule has 0 bridgehead atoms. The molecule has 2 amide bonds. The first-order valence-corrected chi connectivity index (χ1v) is 14.3. The summed E-state index contributed by atoms with van der Waals surface area (Å²) in [4.78, 5) is 28.2. The van der Waals surface area contributed by atoms with Gasteiger partial charge in [-0.1, -0.05) is 66.5 Å². The summed E-state index contributed by atoms with van der Waals surface area (Å²) in [6.45, 7) is 4.85. The predicted octanol–water partition coefficient (Wildman–Crippen LogP) is 5.36. The number of amides is 2. The van der Waals surface area contributed by atoms with Gasteiger partial charge in [0.2, 0.25) is 11.8 Å². The van der Waals surface area contributed by atoms with Crippen molar-refractivity contribution in [2.45, 2.75) is 44.7 Å². The van der Waals surface area contributed by atoms with Crippen LogP contribution in [0.1, 0.15) is 30.0 Å². The summed E-state index contributed by atoms with van der Waals surface area (Å²) in [6.07, 6.45) is 0.294. The fraction of sp³-hybridized carbons (Fsp3) is 0.286. The number of carbonyl (C=O) groups excluding carboxylic acids is 2. The van der Waals surface area contributed by atoms with Gasteiger partial charge in [0.1, 0.15) is 12.6 Å². The van der Waals surface area contributed by atoms with Crippen molar-refractivity contribution in [1.29, 1.82) is 0 Å². The maximum Gasteiger partial charge on any atom is 0.264 e. The lowest BCUT2D eigenvalue weighted by Crippen LogP contribution is -2.52. The molecule has 0 saturated heterocycles. The van der Waals surface area contributed by atoms with E-state index in [2.05, 4.69) is 5.32 Å². The Bertz CT molecular complexity index is 1390. The second-order valence-electron chi connectivity index (χ2n) is 8.80. The zero-order chi connectivity index (χ0) is 28.0. The van der Waals surface area contributed by atoms with Gasteiger partial charge < -0.3 is 10.2 Å². The smallest absolute Gasteiger partial charge is 0.264 e. The Hall–Kier alpha value is -3.07. The first kappa shape index (κ1) is 29.5. The molecule has 0 unspecified atom stereocenters. The number of carbonyl (C=O) groups is 2. The van der Waals surface area contributed by atoms with E-state index < -0.39 is 28.5 Å². The highest BCUT2D eigenvalue weighted by Crippen LogP contribution is 2.30. The highest BCUT2D eigenvalue weighted by molar-refractivity contribution is 7.92. The Kier molecular flexibility index (Phi) is 9.82. The summed E-state index contributed by atoms with van der Waals surface area (Å²) >= 11 is 12.8. The van der Waals surface area contributed by atoms with Crippen LogP contribution in [0.25, 0.3) is 0 Å². The summed E-state index contributed by atoms with van der Waals surface area (Å²) in [5, 5.41) is 3.27. The van der Waals surface area contributed by atoms with Crippen molar-refractivity contribution in [2.75, 3.05) is 17.9 Å². The zero-order valence-electron chi connectivity index (χ0n) is 21.7. The average Bonchev–Trinajstić information content (AvgIpc) is 2.90. The molecule has 38 heavy (non-hydrogen) atoms. The lowest BCUT2D eigenvalue weighted by molar-refractivity contribution is -0.140. The number of likely N-dealkylation sites (N-methyl/N-ethyl adjacent to an activating group) is 1. The summed E-state index contributed by atoms with van der Waals surface area (Å²) in [7, 11) is -2.65. The van der Waals surface area contributed by atoms with Crippen LogP contribution in [-0.2, 0) is 26.2 Å².